The maximum Gasteiger partial charge on any atom is 0.243 e. The Labute approximate surface area is 104 Å². The first-order chi connectivity index (χ1) is 8.04. The highest BCUT2D eigenvalue weighted by Crippen LogP contribution is 2.21. The van der Waals surface area contributed by atoms with Gasteiger partial charge in [-0.05, 0) is 25.5 Å². The van der Waals surface area contributed by atoms with Crippen LogP contribution in [0.5, 0.6) is 0 Å². The van der Waals surface area contributed by atoms with Crippen molar-refractivity contribution in [1.29, 1.82) is 0 Å². The van der Waals surface area contributed by atoms with E-state index < -0.39 is 10.0 Å². The molecule has 1 heterocycles. The molecule has 0 spiro atoms. The Kier molecular flexibility index (Phi) is 3.41. The van der Waals surface area contributed by atoms with E-state index in [9.17, 15) is 8.42 Å². The molecule has 0 unspecified atom stereocenters. The molecule has 0 saturated carbocycles. The Morgan fingerprint density at radius 1 is 1.41 bits per heavy atom. The molecule has 2 rings (SSSR count). The van der Waals surface area contributed by atoms with E-state index in [4.69, 9.17) is 0 Å². The summed E-state index contributed by atoms with van der Waals surface area (Å²) in [6.07, 6.45) is 0.741. The maximum absolute atomic E-state index is 12.1. The van der Waals surface area contributed by atoms with Crippen LogP contribution in [0.4, 0.5) is 0 Å². The van der Waals surface area contributed by atoms with Crippen molar-refractivity contribution in [3.8, 4) is 0 Å². The summed E-state index contributed by atoms with van der Waals surface area (Å²) in [5.74, 6) is 0. The van der Waals surface area contributed by atoms with Gasteiger partial charge in [-0.3, -0.25) is 0 Å². The third kappa shape index (κ3) is 2.46. The van der Waals surface area contributed by atoms with Gasteiger partial charge in [0.05, 0.1) is 11.7 Å². The van der Waals surface area contributed by atoms with E-state index in [0.29, 0.717) is 11.0 Å². The number of nitrogens with zero attached hydrogens (tertiary/aromatic N) is 2. The summed E-state index contributed by atoms with van der Waals surface area (Å²) in [4.78, 5) is 0.198. The van der Waals surface area contributed by atoms with Gasteiger partial charge in [0.25, 0.3) is 0 Å². The van der Waals surface area contributed by atoms with Crippen LogP contribution in [0.2, 0.25) is 0 Å². The summed E-state index contributed by atoms with van der Waals surface area (Å²) < 4.78 is 35.0. The highest BCUT2D eigenvalue weighted by molar-refractivity contribution is 7.89. The van der Waals surface area contributed by atoms with E-state index in [1.165, 1.54) is 0 Å². The molecule has 0 bridgehead atoms. The molecule has 1 N–H and O–H groups in total. The second-order valence-electron chi connectivity index (χ2n) is 3.82. The molecule has 1 aromatic heterocycles. The Morgan fingerprint density at radius 3 is 2.88 bits per heavy atom. The zero-order valence-electron chi connectivity index (χ0n) is 9.54. The largest absolute Gasteiger partial charge is 0.243 e. The lowest BCUT2D eigenvalue weighted by molar-refractivity contribution is 0.556. The minimum absolute atomic E-state index is 0.0955. The van der Waals surface area contributed by atoms with E-state index in [1.54, 1.807) is 18.2 Å². The van der Waals surface area contributed by atoms with Crippen LogP contribution in [-0.4, -0.2) is 23.2 Å². The van der Waals surface area contributed by atoms with Crippen molar-refractivity contribution in [2.24, 2.45) is 0 Å². The molecule has 0 aliphatic heterocycles. The zero-order valence-corrected chi connectivity index (χ0v) is 11.2. The summed E-state index contributed by atoms with van der Waals surface area (Å²) in [5.41, 5.74) is 1.05. The maximum atomic E-state index is 12.1. The highest BCUT2D eigenvalue weighted by Gasteiger charge is 2.20. The van der Waals surface area contributed by atoms with Crippen molar-refractivity contribution >= 4 is 32.8 Å². The predicted octanol–water partition coefficient (Wildman–Crippen LogP) is 1.77. The van der Waals surface area contributed by atoms with E-state index >= 15 is 0 Å². The number of fused-ring (bicyclic) bond motifs is 1. The van der Waals surface area contributed by atoms with Crippen LogP contribution in [0, 0.1) is 0 Å². The molecule has 0 saturated heterocycles. The van der Waals surface area contributed by atoms with Gasteiger partial charge in [-0.25, -0.2) is 13.1 Å². The number of nitrogens with one attached hydrogen (secondary N) is 1. The van der Waals surface area contributed by atoms with Crippen molar-refractivity contribution in [3.05, 3.63) is 18.2 Å². The molecule has 1 atom stereocenters. The van der Waals surface area contributed by atoms with Gasteiger partial charge in [-0.15, -0.1) is 0 Å². The first kappa shape index (κ1) is 12.4. The standard InChI is InChI=1S/C10H13N3O2S2/c1-3-7(2)13-17(14,15)9-6-4-5-8-10(9)12-16-11-8/h4-7,13H,3H2,1-2H3/t7-/m0/s1. The molecule has 0 aliphatic carbocycles. The first-order valence-corrected chi connectivity index (χ1v) is 7.49. The fourth-order valence-corrected chi connectivity index (χ4v) is 3.50. The molecule has 0 amide bonds. The van der Waals surface area contributed by atoms with E-state index in [-0.39, 0.29) is 10.9 Å². The van der Waals surface area contributed by atoms with Crippen LogP contribution in [0.3, 0.4) is 0 Å². The summed E-state index contributed by atoms with van der Waals surface area (Å²) in [5, 5.41) is 0. The van der Waals surface area contributed by atoms with Crippen molar-refractivity contribution in [3.63, 3.8) is 0 Å². The van der Waals surface area contributed by atoms with Crippen LogP contribution in [-0.2, 0) is 10.0 Å². The Morgan fingerprint density at radius 2 is 2.18 bits per heavy atom. The average Bonchev–Trinajstić information content (AvgIpc) is 2.75. The van der Waals surface area contributed by atoms with E-state index in [2.05, 4.69) is 13.5 Å². The quantitative estimate of drug-likeness (QED) is 0.920. The van der Waals surface area contributed by atoms with Gasteiger partial charge in [-0.2, -0.15) is 8.75 Å². The van der Waals surface area contributed by atoms with Gasteiger partial charge in [-0.1, -0.05) is 13.0 Å². The summed E-state index contributed by atoms with van der Waals surface area (Å²) in [6.45, 7) is 3.76. The Bertz CT molecular complexity index is 621. The number of benzene rings is 1. The number of aromatic nitrogens is 2. The Hall–Kier alpha value is -1.05. The fourth-order valence-electron chi connectivity index (χ4n) is 1.41. The van der Waals surface area contributed by atoms with E-state index in [1.807, 2.05) is 13.8 Å². The average molecular weight is 271 g/mol. The van der Waals surface area contributed by atoms with Crippen LogP contribution < -0.4 is 4.72 Å². The van der Waals surface area contributed by atoms with Crippen molar-refractivity contribution in [2.75, 3.05) is 0 Å². The molecular weight excluding hydrogens is 258 g/mol. The normalized spacial score (nSPS) is 14.0. The lowest BCUT2D eigenvalue weighted by atomic mass is 10.3. The van der Waals surface area contributed by atoms with E-state index in [0.717, 1.165) is 18.1 Å². The van der Waals surface area contributed by atoms with Crippen molar-refractivity contribution in [1.82, 2.24) is 13.5 Å². The number of hydrogen-bond donors (Lipinski definition) is 1. The molecule has 17 heavy (non-hydrogen) atoms. The zero-order chi connectivity index (χ0) is 12.5. The van der Waals surface area contributed by atoms with Crippen LogP contribution in [0.15, 0.2) is 23.1 Å². The van der Waals surface area contributed by atoms with Crippen LogP contribution in [0.1, 0.15) is 20.3 Å². The minimum atomic E-state index is -3.51. The van der Waals surface area contributed by atoms with Crippen LogP contribution in [0.25, 0.3) is 11.0 Å². The molecule has 1 aromatic carbocycles. The van der Waals surface area contributed by atoms with Gasteiger partial charge < -0.3 is 0 Å². The number of hydrogen-bond acceptors (Lipinski definition) is 5. The predicted molar refractivity (Wildman–Crippen MR) is 67.5 cm³/mol. The van der Waals surface area contributed by atoms with Crippen LogP contribution >= 0.6 is 11.7 Å². The van der Waals surface area contributed by atoms with Gasteiger partial charge >= 0.3 is 0 Å². The van der Waals surface area contributed by atoms with Crippen molar-refractivity contribution in [2.45, 2.75) is 31.2 Å². The third-order valence-electron chi connectivity index (χ3n) is 2.51. The summed E-state index contributed by atoms with van der Waals surface area (Å²) in [7, 11) is -3.51. The molecule has 7 heteroatoms. The minimum Gasteiger partial charge on any atom is -0.208 e. The first-order valence-electron chi connectivity index (χ1n) is 5.28. The number of rotatable bonds is 4. The summed E-state index contributed by atoms with van der Waals surface area (Å²) in [6, 6.07) is 4.88. The second-order valence-corrected chi connectivity index (χ2v) is 6.03. The summed E-state index contributed by atoms with van der Waals surface area (Å²) >= 11 is 1.02. The fraction of sp³-hybridized carbons (Fsp3) is 0.400. The topological polar surface area (TPSA) is 72.0 Å². The molecular formula is C10H13N3O2S2. The SMILES string of the molecule is CC[C@H](C)NS(=O)(=O)c1cccc2nsnc12. The van der Waals surface area contributed by atoms with Gasteiger partial charge in [0.2, 0.25) is 10.0 Å². The van der Waals surface area contributed by atoms with Crippen molar-refractivity contribution < 1.29 is 8.42 Å². The smallest absolute Gasteiger partial charge is 0.208 e. The molecule has 0 fully saturated rings. The van der Waals surface area contributed by atoms with Gasteiger partial charge in [0, 0.05) is 6.04 Å². The molecule has 5 nitrogen and oxygen atoms in total. The van der Waals surface area contributed by atoms with Gasteiger partial charge in [0.1, 0.15) is 15.9 Å². The monoisotopic (exact) mass is 271 g/mol. The molecule has 0 radical (unpaired) electrons. The second kappa shape index (κ2) is 4.67. The highest BCUT2D eigenvalue weighted by atomic mass is 32.2. The lowest BCUT2D eigenvalue weighted by Crippen LogP contribution is -2.32. The molecule has 92 valence electrons. The lowest BCUT2D eigenvalue weighted by Gasteiger charge is -2.11. The number of sulfonamides is 1. The van der Waals surface area contributed by atoms with Gasteiger partial charge in [0.15, 0.2) is 0 Å². The Balaban J connectivity index is 2.49. The molecule has 0 aliphatic rings. The molecule has 2 aromatic rings. The third-order valence-corrected chi connectivity index (χ3v) is 4.67.